The number of rotatable bonds is 2. The summed E-state index contributed by atoms with van der Waals surface area (Å²) in [5.41, 5.74) is 0. The zero-order chi connectivity index (χ0) is 14.4. The Labute approximate surface area is 130 Å². The first kappa shape index (κ1) is 13.9. The van der Waals surface area contributed by atoms with Crippen LogP contribution in [0.2, 0.25) is 0 Å². The SMILES string of the molecule is O=C([C@@H]1CSCN1C(=O)[C@@H]1C[C@H]2CC[C@H]1C2)N1CCCC1. The maximum atomic E-state index is 12.9. The minimum atomic E-state index is -0.181. The normalized spacial score (nSPS) is 38.5. The van der Waals surface area contributed by atoms with Crippen molar-refractivity contribution < 1.29 is 9.59 Å². The zero-order valence-electron chi connectivity index (χ0n) is 12.5. The van der Waals surface area contributed by atoms with Crippen LogP contribution in [0.3, 0.4) is 0 Å². The predicted molar refractivity (Wildman–Crippen MR) is 82.7 cm³/mol. The van der Waals surface area contributed by atoms with Crippen molar-refractivity contribution in [3.8, 4) is 0 Å². The summed E-state index contributed by atoms with van der Waals surface area (Å²) >= 11 is 1.74. The van der Waals surface area contributed by atoms with E-state index >= 15 is 0 Å². The van der Waals surface area contributed by atoms with Crippen molar-refractivity contribution in [1.82, 2.24) is 9.80 Å². The van der Waals surface area contributed by atoms with E-state index in [2.05, 4.69) is 0 Å². The van der Waals surface area contributed by atoms with Crippen molar-refractivity contribution in [2.45, 2.75) is 44.6 Å². The Morgan fingerprint density at radius 3 is 2.48 bits per heavy atom. The zero-order valence-corrected chi connectivity index (χ0v) is 13.3. The molecule has 5 heteroatoms. The fourth-order valence-electron chi connectivity index (χ4n) is 4.77. The molecule has 0 spiro atoms. The molecule has 4 atom stereocenters. The summed E-state index contributed by atoms with van der Waals surface area (Å²) in [4.78, 5) is 29.4. The van der Waals surface area contributed by atoms with Gasteiger partial charge in [0.25, 0.3) is 0 Å². The van der Waals surface area contributed by atoms with Gasteiger partial charge in [-0.15, -0.1) is 11.8 Å². The summed E-state index contributed by atoms with van der Waals surface area (Å²) in [6.07, 6.45) is 7.11. The lowest BCUT2D eigenvalue weighted by Gasteiger charge is -2.31. The van der Waals surface area contributed by atoms with Crippen LogP contribution >= 0.6 is 11.8 Å². The van der Waals surface area contributed by atoms with Gasteiger partial charge in [0.05, 0.1) is 5.88 Å². The fourth-order valence-corrected chi connectivity index (χ4v) is 5.93. The van der Waals surface area contributed by atoms with E-state index in [4.69, 9.17) is 0 Å². The van der Waals surface area contributed by atoms with Crippen molar-refractivity contribution in [3.63, 3.8) is 0 Å². The second-order valence-corrected chi connectivity index (χ2v) is 8.14. The second kappa shape index (κ2) is 5.49. The molecule has 4 rings (SSSR count). The standard InChI is InChI=1S/C16H24N2O2S/c19-15(13-8-11-3-4-12(13)7-11)18-10-21-9-14(18)16(20)17-5-1-2-6-17/h11-14H,1-10H2/t11-,12-,13+,14-/m0/s1. The van der Waals surface area contributed by atoms with Gasteiger partial charge in [0.2, 0.25) is 11.8 Å². The minimum absolute atomic E-state index is 0.181. The van der Waals surface area contributed by atoms with E-state index in [9.17, 15) is 9.59 Å². The molecule has 4 fully saturated rings. The van der Waals surface area contributed by atoms with Crippen LogP contribution in [-0.2, 0) is 9.59 Å². The third-order valence-electron chi connectivity index (χ3n) is 5.92. The number of likely N-dealkylation sites (tertiary alicyclic amines) is 1. The van der Waals surface area contributed by atoms with E-state index in [0.717, 1.165) is 49.9 Å². The highest BCUT2D eigenvalue weighted by molar-refractivity contribution is 7.99. The molecule has 2 aliphatic heterocycles. The molecule has 4 nitrogen and oxygen atoms in total. The van der Waals surface area contributed by atoms with Crippen molar-refractivity contribution in [3.05, 3.63) is 0 Å². The first-order valence-electron chi connectivity index (χ1n) is 8.41. The number of thioether (sulfide) groups is 1. The molecule has 0 aromatic carbocycles. The minimum Gasteiger partial charge on any atom is -0.341 e. The van der Waals surface area contributed by atoms with E-state index < -0.39 is 0 Å². The average molecular weight is 308 g/mol. The Balaban J connectivity index is 1.45. The van der Waals surface area contributed by atoms with E-state index in [1.54, 1.807) is 11.8 Å². The lowest BCUT2D eigenvalue weighted by molar-refractivity contribution is -0.146. The van der Waals surface area contributed by atoms with Crippen LogP contribution < -0.4 is 0 Å². The van der Waals surface area contributed by atoms with Crippen molar-refractivity contribution in [2.24, 2.45) is 17.8 Å². The van der Waals surface area contributed by atoms with Crippen molar-refractivity contribution in [2.75, 3.05) is 24.7 Å². The van der Waals surface area contributed by atoms with E-state index in [-0.39, 0.29) is 23.8 Å². The first-order chi connectivity index (χ1) is 10.2. The third kappa shape index (κ3) is 2.37. The average Bonchev–Trinajstić information content (AvgIpc) is 3.29. The highest BCUT2D eigenvalue weighted by Crippen LogP contribution is 2.49. The Kier molecular flexibility index (Phi) is 3.64. The topological polar surface area (TPSA) is 40.6 Å². The molecule has 2 aliphatic carbocycles. The smallest absolute Gasteiger partial charge is 0.246 e. The van der Waals surface area contributed by atoms with Crippen molar-refractivity contribution in [1.29, 1.82) is 0 Å². The van der Waals surface area contributed by atoms with Gasteiger partial charge in [0.1, 0.15) is 6.04 Å². The van der Waals surface area contributed by atoms with Gasteiger partial charge in [0, 0.05) is 24.8 Å². The van der Waals surface area contributed by atoms with Crippen LogP contribution in [0.15, 0.2) is 0 Å². The number of carbonyl (C=O) groups is 2. The van der Waals surface area contributed by atoms with Crippen LogP contribution in [0.4, 0.5) is 0 Å². The van der Waals surface area contributed by atoms with Crippen LogP contribution in [-0.4, -0.2) is 52.4 Å². The molecular formula is C16H24N2O2S. The molecule has 0 unspecified atom stereocenters. The maximum Gasteiger partial charge on any atom is 0.246 e. The predicted octanol–water partition coefficient (Wildman–Crippen LogP) is 1.95. The van der Waals surface area contributed by atoms with Gasteiger partial charge in [-0.25, -0.2) is 0 Å². The molecule has 4 aliphatic rings. The number of nitrogens with zero attached hydrogens (tertiary/aromatic N) is 2. The number of hydrogen-bond donors (Lipinski definition) is 0. The summed E-state index contributed by atoms with van der Waals surface area (Å²) in [6, 6.07) is -0.181. The molecule has 0 radical (unpaired) electrons. The quantitative estimate of drug-likeness (QED) is 0.783. The largest absolute Gasteiger partial charge is 0.341 e. The highest BCUT2D eigenvalue weighted by Gasteiger charge is 2.47. The molecular weight excluding hydrogens is 284 g/mol. The first-order valence-corrected chi connectivity index (χ1v) is 9.56. The molecule has 2 amide bonds. The molecule has 21 heavy (non-hydrogen) atoms. The lowest BCUT2D eigenvalue weighted by Crippen LogP contribution is -2.50. The molecule has 116 valence electrons. The molecule has 2 bridgehead atoms. The number of hydrogen-bond acceptors (Lipinski definition) is 3. The Bertz CT molecular complexity index is 450. The number of carbonyl (C=O) groups excluding carboxylic acids is 2. The van der Waals surface area contributed by atoms with Gasteiger partial charge < -0.3 is 9.80 Å². The highest BCUT2D eigenvalue weighted by atomic mass is 32.2. The van der Waals surface area contributed by atoms with Gasteiger partial charge in [-0.1, -0.05) is 6.42 Å². The molecule has 0 N–H and O–H groups in total. The van der Waals surface area contributed by atoms with Crippen LogP contribution in [0, 0.1) is 17.8 Å². The van der Waals surface area contributed by atoms with Crippen LogP contribution in [0.5, 0.6) is 0 Å². The van der Waals surface area contributed by atoms with Gasteiger partial charge in [-0.2, -0.15) is 0 Å². The summed E-state index contributed by atoms with van der Waals surface area (Å²) in [6.45, 7) is 1.77. The fraction of sp³-hybridized carbons (Fsp3) is 0.875. The van der Waals surface area contributed by atoms with E-state index in [1.807, 2.05) is 9.80 Å². The van der Waals surface area contributed by atoms with Gasteiger partial charge in [-0.3, -0.25) is 9.59 Å². The van der Waals surface area contributed by atoms with E-state index in [1.165, 1.54) is 19.3 Å². The van der Waals surface area contributed by atoms with Gasteiger partial charge >= 0.3 is 0 Å². The number of fused-ring (bicyclic) bond motifs is 2. The Hall–Kier alpha value is -0.710. The van der Waals surface area contributed by atoms with Gasteiger partial charge in [-0.05, 0) is 43.9 Å². The molecule has 2 saturated heterocycles. The lowest BCUT2D eigenvalue weighted by atomic mass is 9.87. The van der Waals surface area contributed by atoms with Crippen molar-refractivity contribution >= 4 is 23.6 Å². The monoisotopic (exact) mass is 308 g/mol. The summed E-state index contributed by atoms with van der Waals surface area (Å²) < 4.78 is 0. The molecule has 2 heterocycles. The molecule has 0 aromatic heterocycles. The van der Waals surface area contributed by atoms with Crippen LogP contribution in [0.25, 0.3) is 0 Å². The third-order valence-corrected chi connectivity index (χ3v) is 6.94. The molecule has 2 saturated carbocycles. The Morgan fingerprint density at radius 1 is 1.00 bits per heavy atom. The molecule has 0 aromatic rings. The summed E-state index contributed by atoms with van der Waals surface area (Å²) in [5.74, 6) is 3.61. The summed E-state index contributed by atoms with van der Waals surface area (Å²) in [7, 11) is 0. The van der Waals surface area contributed by atoms with Crippen LogP contribution in [0.1, 0.15) is 38.5 Å². The number of amides is 2. The van der Waals surface area contributed by atoms with Gasteiger partial charge in [0.15, 0.2) is 0 Å². The Morgan fingerprint density at radius 2 is 1.81 bits per heavy atom. The second-order valence-electron chi connectivity index (χ2n) is 7.14. The van der Waals surface area contributed by atoms with E-state index in [0.29, 0.717) is 5.92 Å². The summed E-state index contributed by atoms with van der Waals surface area (Å²) in [5, 5.41) is 0. The maximum absolute atomic E-state index is 12.9.